The maximum atomic E-state index is 8.74. The van der Waals surface area contributed by atoms with Crippen LogP contribution in [0.3, 0.4) is 0 Å². The molecular weight excluding hydrogens is 419 g/mol. The Labute approximate surface area is 151 Å². The molecular formula is C10H22Cu2N2O7S. The van der Waals surface area contributed by atoms with Gasteiger partial charge in [0.2, 0.25) is 0 Å². The number of hydrogen-bond donors (Lipinski definition) is 2. The van der Waals surface area contributed by atoms with Gasteiger partial charge in [-0.3, -0.25) is 9.11 Å². The monoisotopic (exact) mass is 440 g/mol. The summed E-state index contributed by atoms with van der Waals surface area (Å²) >= 11 is 0. The van der Waals surface area contributed by atoms with Crippen LogP contribution < -0.4 is 0 Å². The summed E-state index contributed by atoms with van der Waals surface area (Å²) < 4.78 is 31.6. The quantitative estimate of drug-likeness (QED) is 0.413. The van der Waals surface area contributed by atoms with E-state index < -0.39 is 10.4 Å². The van der Waals surface area contributed by atoms with Crippen LogP contribution in [0.5, 0.6) is 0 Å². The van der Waals surface area contributed by atoms with E-state index in [1.165, 1.54) is 25.0 Å². The van der Waals surface area contributed by atoms with Crippen molar-refractivity contribution in [3.05, 3.63) is 34.6 Å². The summed E-state index contributed by atoms with van der Waals surface area (Å²) in [6.45, 7) is 1.87. The first-order chi connectivity index (χ1) is 7.97. The van der Waals surface area contributed by atoms with Gasteiger partial charge in [-0.1, -0.05) is 31.4 Å². The molecule has 0 bridgehead atoms. The fourth-order valence-electron chi connectivity index (χ4n) is 1.68. The second-order valence-corrected chi connectivity index (χ2v) is 4.62. The van der Waals surface area contributed by atoms with Crippen LogP contribution in [0.2, 0.25) is 0 Å². The second kappa shape index (κ2) is 17.4. The smallest absolute Gasteiger partial charge is 0.686 e. The molecule has 1 unspecified atom stereocenters. The van der Waals surface area contributed by atoms with Gasteiger partial charge in [0.05, 0.1) is 0 Å². The summed E-state index contributed by atoms with van der Waals surface area (Å²) in [7, 11) is -4.67. The molecule has 12 heteroatoms. The van der Waals surface area contributed by atoms with Crippen LogP contribution in [-0.4, -0.2) is 53.1 Å². The Morgan fingerprint density at radius 3 is 2.05 bits per heavy atom. The van der Waals surface area contributed by atoms with E-state index in [0.29, 0.717) is 6.04 Å². The van der Waals surface area contributed by atoms with Gasteiger partial charge in [-0.2, -0.15) is 14.1 Å². The average Bonchev–Trinajstić information content (AvgIpc) is 2.29. The topological polar surface area (TPSA) is 197 Å². The molecule has 1 atom stereocenters. The molecule has 1 fully saturated rings. The van der Waals surface area contributed by atoms with Crippen LogP contribution in [0.4, 0.5) is 0 Å². The number of nitrogens with zero attached hydrogens (tertiary/aromatic N) is 2. The first-order valence-electron chi connectivity index (χ1n) is 5.37. The van der Waals surface area contributed by atoms with Gasteiger partial charge in [-0.05, 0) is 0 Å². The minimum atomic E-state index is -4.67. The van der Waals surface area contributed by atoms with Gasteiger partial charge in [0, 0.05) is 17.1 Å². The van der Waals surface area contributed by atoms with Crippen molar-refractivity contribution < 1.29 is 68.1 Å². The van der Waals surface area contributed by atoms with E-state index in [0.717, 1.165) is 13.1 Å². The molecule has 0 saturated carbocycles. The molecule has 142 valence electrons. The Morgan fingerprint density at radius 1 is 1.14 bits per heavy atom. The zero-order chi connectivity index (χ0) is 12.7. The van der Waals surface area contributed by atoms with Crippen molar-refractivity contribution in [2.24, 2.45) is 0 Å². The molecule has 0 spiro atoms. The Bertz CT molecular complexity index is 390. The maximum Gasteiger partial charge on any atom is 2.00 e. The zero-order valence-corrected chi connectivity index (χ0v) is 14.2. The molecule has 2 aliphatic rings. The van der Waals surface area contributed by atoms with Crippen molar-refractivity contribution in [2.45, 2.75) is 25.3 Å². The van der Waals surface area contributed by atoms with Crippen LogP contribution >= 0.6 is 0 Å². The van der Waals surface area contributed by atoms with E-state index in [2.05, 4.69) is 28.9 Å². The third-order valence-corrected chi connectivity index (χ3v) is 2.36. The Morgan fingerprint density at radius 2 is 1.68 bits per heavy atom. The Kier molecular flexibility index (Phi) is 26.5. The van der Waals surface area contributed by atoms with E-state index in [9.17, 15) is 0 Å². The molecule has 2 radical (unpaired) electrons. The minimum absolute atomic E-state index is 0. The minimum Gasteiger partial charge on any atom is -0.686 e. The zero-order valence-electron chi connectivity index (χ0n) is 11.5. The van der Waals surface area contributed by atoms with E-state index in [-0.39, 0.29) is 50.6 Å². The predicted molar refractivity (Wildman–Crippen MR) is 76.3 cm³/mol. The first-order valence-corrected chi connectivity index (χ1v) is 6.77. The molecule has 0 amide bonds. The summed E-state index contributed by atoms with van der Waals surface area (Å²) in [4.78, 5) is 0. The molecule has 22 heavy (non-hydrogen) atoms. The Hall–Kier alpha value is 0.0290. The Balaban J connectivity index is -0.0000000870. The third-order valence-electron chi connectivity index (χ3n) is 2.36. The van der Waals surface area contributed by atoms with E-state index in [1.807, 2.05) is 0 Å². The van der Waals surface area contributed by atoms with Gasteiger partial charge in [0.25, 0.3) is 0 Å². The van der Waals surface area contributed by atoms with Crippen LogP contribution in [0, 0.1) is 0 Å². The molecule has 0 aromatic rings. The summed E-state index contributed by atoms with van der Waals surface area (Å²) in [5, 5.41) is 8.99. The van der Waals surface area contributed by atoms with E-state index >= 15 is 0 Å². The molecule has 2 heterocycles. The molecule has 0 aromatic heterocycles. The van der Waals surface area contributed by atoms with E-state index in [1.54, 1.807) is 0 Å². The van der Waals surface area contributed by atoms with E-state index in [4.69, 9.17) is 17.5 Å². The fraction of sp³-hybridized carbons (Fsp3) is 0.600. The predicted octanol–water partition coefficient (Wildman–Crippen LogP) is -0.392. The maximum absolute atomic E-state index is 8.74. The number of allylic oxidation sites excluding steroid dienone is 2. The van der Waals surface area contributed by atoms with Gasteiger partial charge in [0.1, 0.15) is 0 Å². The second-order valence-electron chi connectivity index (χ2n) is 3.73. The van der Waals surface area contributed by atoms with Crippen molar-refractivity contribution in [1.29, 1.82) is 0 Å². The average molecular weight is 441 g/mol. The van der Waals surface area contributed by atoms with Gasteiger partial charge in [0.15, 0.2) is 0 Å². The summed E-state index contributed by atoms with van der Waals surface area (Å²) in [6, 6.07) is 0.406. The third kappa shape index (κ3) is 18.1. The van der Waals surface area contributed by atoms with Crippen molar-refractivity contribution in [3.63, 3.8) is 0 Å². The standard InChI is InChI=1S/C10H14N2.2Cu.H2O4S.3H2O/c1-3-7-11-9(5-1)10-6-2-4-8-12-10;;;1-5(2,3)4;;;/h1,3,5,10H,2,4,6-8H2;;;(H2,1,2,3,4);3*1H2/q-2;;+2;;;;. The van der Waals surface area contributed by atoms with Gasteiger partial charge in [-0.25, -0.2) is 0 Å². The van der Waals surface area contributed by atoms with Gasteiger partial charge < -0.3 is 27.1 Å². The normalized spacial score (nSPS) is 18.6. The summed E-state index contributed by atoms with van der Waals surface area (Å²) in [5.74, 6) is 0. The summed E-state index contributed by atoms with van der Waals surface area (Å²) in [6.07, 6.45) is 10.0. The summed E-state index contributed by atoms with van der Waals surface area (Å²) in [5.41, 5.74) is 1.19. The molecule has 1 saturated heterocycles. The molecule has 8 N–H and O–H groups in total. The fourth-order valence-corrected chi connectivity index (χ4v) is 1.68. The van der Waals surface area contributed by atoms with Crippen molar-refractivity contribution in [1.82, 2.24) is 0 Å². The molecule has 9 nitrogen and oxygen atoms in total. The van der Waals surface area contributed by atoms with Crippen LogP contribution in [0.1, 0.15) is 19.3 Å². The molecule has 0 aromatic carbocycles. The van der Waals surface area contributed by atoms with Crippen LogP contribution in [-0.2, 0) is 44.5 Å². The molecule has 2 aliphatic heterocycles. The largest absolute Gasteiger partial charge is 2.00 e. The van der Waals surface area contributed by atoms with Crippen molar-refractivity contribution in [2.75, 3.05) is 13.1 Å². The number of rotatable bonds is 1. The van der Waals surface area contributed by atoms with Crippen LogP contribution in [0.15, 0.2) is 23.9 Å². The molecule has 2 rings (SSSR count). The van der Waals surface area contributed by atoms with Crippen molar-refractivity contribution >= 4 is 10.4 Å². The van der Waals surface area contributed by atoms with Gasteiger partial charge >= 0.3 is 27.5 Å². The number of hydrogen-bond acceptors (Lipinski definition) is 2. The van der Waals surface area contributed by atoms with Crippen molar-refractivity contribution in [3.8, 4) is 0 Å². The van der Waals surface area contributed by atoms with Gasteiger partial charge in [-0.15, -0.1) is 25.2 Å². The molecule has 0 aliphatic carbocycles. The van der Waals surface area contributed by atoms with Crippen LogP contribution in [0.25, 0.3) is 10.6 Å². The number of piperidine rings is 1. The first kappa shape index (κ1) is 33.6. The SMILES string of the molecule is C1=CC[N-]C(C2CCCC[N-]2)=C1.O.O.O.O=S(=O)(O)O.[Cu+2].[Cu].